The van der Waals surface area contributed by atoms with Gasteiger partial charge in [-0.2, -0.15) is 16.9 Å². The van der Waals surface area contributed by atoms with Gasteiger partial charge in [-0.05, 0) is 6.26 Å². The van der Waals surface area contributed by atoms with Crippen LogP contribution in [0.2, 0.25) is 5.15 Å². The van der Waals surface area contributed by atoms with Gasteiger partial charge >= 0.3 is 0 Å². The van der Waals surface area contributed by atoms with E-state index in [-0.39, 0.29) is 5.91 Å². The Morgan fingerprint density at radius 1 is 1.92 bits per heavy atom. The third-order valence-corrected chi connectivity index (χ3v) is 1.83. The maximum atomic E-state index is 11.0. The quantitative estimate of drug-likeness (QED) is 0.784. The van der Waals surface area contributed by atoms with Crippen molar-refractivity contribution in [2.75, 3.05) is 17.3 Å². The topological polar surface area (TPSA) is 57.8 Å². The van der Waals surface area contributed by atoms with Crippen LogP contribution >= 0.6 is 23.4 Å². The van der Waals surface area contributed by atoms with Crippen LogP contribution in [0.25, 0.3) is 0 Å². The highest BCUT2D eigenvalue weighted by molar-refractivity contribution is 7.99. The first-order valence-corrected chi connectivity index (χ1v) is 4.99. The monoisotopic (exact) mass is 205 g/mol. The zero-order valence-electron chi connectivity index (χ0n) is 6.43. The molecule has 0 aliphatic rings. The van der Waals surface area contributed by atoms with Crippen molar-refractivity contribution in [3.05, 3.63) is 11.2 Å². The van der Waals surface area contributed by atoms with E-state index in [9.17, 15) is 4.79 Å². The van der Waals surface area contributed by atoms with Crippen molar-refractivity contribution in [3.8, 4) is 0 Å². The molecule has 1 rings (SSSR count). The van der Waals surface area contributed by atoms with Crippen LogP contribution in [-0.4, -0.2) is 28.1 Å². The Bertz CT molecular complexity index is 276. The van der Waals surface area contributed by atoms with Gasteiger partial charge in [-0.25, -0.2) is 0 Å². The lowest BCUT2D eigenvalue weighted by molar-refractivity contribution is -0.113. The van der Waals surface area contributed by atoms with Gasteiger partial charge in [0.2, 0.25) is 5.91 Å². The summed E-state index contributed by atoms with van der Waals surface area (Å²) in [4.78, 5) is 11.0. The number of aromatic nitrogens is 2. The summed E-state index contributed by atoms with van der Waals surface area (Å²) in [5, 5.41) is 9.24. The lowest BCUT2D eigenvalue weighted by Crippen LogP contribution is -2.13. The highest BCUT2D eigenvalue weighted by Crippen LogP contribution is 2.09. The van der Waals surface area contributed by atoms with E-state index in [4.69, 9.17) is 11.6 Å². The van der Waals surface area contributed by atoms with Crippen LogP contribution in [0.4, 0.5) is 5.82 Å². The number of aromatic amines is 1. The van der Waals surface area contributed by atoms with Gasteiger partial charge in [0.05, 0.1) is 5.75 Å². The van der Waals surface area contributed by atoms with E-state index in [0.717, 1.165) is 0 Å². The van der Waals surface area contributed by atoms with Crippen molar-refractivity contribution in [3.63, 3.8) is 0 Å². The van der Waals surface area contributed by atoms with Crippen LogP contribution in [0.1, 0.15) is 0 Å². The lowest BCUT2D eigenvalue weighted by atomic mass is 10.6. The summed E-state index contributed by atoms with van der Waals surface area (Å²) >= 11 is 7.00. The van der Waals surface area contributed by atoms with Gasteiger partial charge in [-0.1, -0.05) is 11.6 Å². The first-order valence-electron chi connectivity index (χ1n) is 3.22. The number of hydrogen-bond donors (Lipinski definition) is 2. The number of anilines is 1. The number of hydrogen-bond acceptors (Lipinski definition) is 3. The molecule has 0 saturated carbocycles. The van der Waals surface area contributed by atoms with Crippen molar-refractivity contribution in [1.82, 2.24) is 10.2 Å². The molecule has 2 N–H and O–H groups in total. The van der Waals surface area contributed by atoms with Crippen molar-refractivity contribution in [1.29, 1.82) is 0 Å². The predicted octanol–water partition coefficient (Wildman–Crippen LogP) is 1.36. The highest BCUT2D eigenvalue weighted by atomic mass is 35.5. The normalized spacial score (nSPS) is 9.83. The Kier molecular flexibility index (Phi) is 3.43. The Hall–Kier alpha value is -0.680. The minimum absolute atomic E-state index is 0.0781. The number of thioether (sulfide) groups is 1. The van der Waals surface area contributed by atoms with Crippen LogP contribution in [-0.2, 0) is 4.79 Å². The third kappa shape index (κ3) is 2.75. The van der Waals surface area contributed by atoms with Gasteiger partial charge < -0.3 is 5.32 Å². The minimum Gasteiger partial charge on any atom is -0.308 e. The van der Waals surface area contributed by atoms with E-state index in [1.165, 1.54) is 11.8 Å². The second-order valence-corrected chi connectivity index (χ2v) is 3.36. The maximum Gasteiger partial charge on any atom is 0.235 e. The minimum atomic E-state index is -0.0781. The predicted molar refractivity (Wildman–Crippen MR) is 50.6 cm³/mol. The molecule has 0 spiro atoms. The molecule has 1 heterocycles. The van der Waals surface area contributed by atoms with Crippen molar-refractivity contribution >= 4 is 35.1 Å². The second-order valence-electron chi connectivity index (χ2n) is 2.08. The summed E-state index contributed by atoms with van der Waals surface area (Å²) in [6.45, 7) is 0. The molecule has 1 amide bonds. The van der Waals surface area contributed by atoms with Crippen molar-refractivity contribution in [2.45, 2.75) is 0 Å². The molecule has 6 heteroatoms. The molecule has 0 aromatic carbocycles. The molecule has 0 aliphatic heterocycles. The SMILES string of the molecule is CSCC(=O)Nc1cc(Cl)[nH]n1. The van der Waals surface area contributed by atoms with E-state index >= 15 is 0 Å². The molecule has 0 aliphatic carbocycles. The van der Waals surface area contributed by atoms with Crippen LogP contribution in [0.3, 0.4) is 0 Å². The first-order chi connectivity index (χ1) is 5.72. The summed E-state index contributed by atoms with van der Waals surface area (Å²) in [7, 11) is 0. The smallest absolute Gasteiger partial charge is 0.235 e. The van der Waals surface area contributed by atoms with E-state index < -0.39 is 0 Å². The number of nitrogens with one attached hydrogen (secondary N) is 2. The Morgan fingerprint density at radius 2 is 2.67 bits per heavy atom. The standard InChI is InChI=1S/C6H8ClN3OS/c1-12-3-6(11)8-5-2-4(7)9-10-5/h2H,3H2,1H3,(H2,8,9,10,11). The maximum absolute atomic E-state index is 11.0. The molecule has 4 nitrogen and oxygen atoms in total. The molecule has 0 saturated heterocycles. The molecular weight excluding hydrogens is 198 g/mol. The highest BCUT2D eigenvalue weighted by Gasteiger charge is 2.03. The van der Waals surface area contributed by atoms with Crippen molar-refractivity contribution < 1.29 is 4.79 Å². The average Bonchev–Trinajstić information content (AvgIpc) is 2.36. The second kappa shape index (κ2) is 4.37. The van der Waals surface area contributed by atoms with E-state index in [2.05, 4.69) is 15.5 Å². The zero-order valence-corrected chi connectivity index (χ0v) is 8.00. The number of rotatable bonds is 3. The van der Waals surface area contributed by atoms with Crippen LogP contribution in [0, 0.1) is 0 Å². The summed E-state index contributed by atoms with van der Waals surface area (Å²) < 4.78 is 0. The zero-order chi connectivity index (χ0) is 8.97. The summed E-state index contributed by atoms with van der Waals surface area (Å²) in [6.07, 6.45) is 1.86. The molecule has 0 fully saturated rings. The fourth-order valence-electron chi connectivity index (χ4n) is 0.672. The van der Waals surface area contributed by atoms with Gasteiger partial charge in [0.15, 0.2) is 5.82 Å². The van der Waals surface area contributed by atoms with Crippen LogP contribution in [0.5, 0.6) is 0 Å². The largest absolute Gasteiger partial charge is 0.308 e. The average molecular weight is 206 g/mol. The number of halogens is 1. The van der Waals surface area contributed by atoms with Gasteiger partial charge in [0, 0.05) is 6.07 Å². The van der Waals surface area contributed by atoms with E-state index in [0.29, 0.717) is 16.7 Å². The molecular formula is C6H8ClN3OS. The Balaban J connectivity index is 2.46. The van der Waals surface area contributed by atoms with Crippen LogP contribution < -0.4 is 5.32 Å². The summed E-state index contributed by atoms with van der Waals surface area (Å²) in [6, 6.07) is 1.56. The molecule has 1 aromatic heterocycles. The first kappa shape index (κ1) is 9.41. The molecule has 66 valence electrons. The van der Waals surface area contributed by atoms with Crippen molar-refractivity contribution in [2.24, 2.45) is 0 Å². The molecule has 0 atom stereocenters. The Morgan fingerprint density at radius 3 is 3.17 bits per heavy atom. The van der Waals surface area contributed by atoms with Gasteiger partial charge in [0.1, 0.15) is 5.15 Å². The van der Waals surface area contributed by atoms with Gasteiger partial charge in [-0.15, -0.1) is 0 Å². The summed E-state index contributed by atoms with van der Waals surface area (Å²) in [5.41, 5.74) is 0. The number of carbonyl (C=O) groups is 1. The van der Waals surface area contributed by atoms with E-state index in [1.807, 2.05) is 6.26 Å². The molecule has 0 unspecified atom stereocenters. The molecule has 1 aromatic rings. The fraction of sp³-hybridized carbons (Fsp3) is 0.333. The number of H-pyrrole nitrogens is 1. The third-order valence-electron chi connectivity index (χ3n) is 1.09. The number of carbonyl (C=O) groups excluding carboxylic acids is 1. The summed E-state index contributed by atoms with van der Waals surface area (Å²) in [5.74, 6) is 0.800. The Labute approximate surface area is 79.1 Å². The fourth-order valence-corrected chi connectivity index (χ4v) is 1.15. The molecule has 12 heavy (non-hydrogen) atoms. The van der Waals surface area contributed by atoms with E-state index in [1.54, 1.807) is 6.07 Å². The number of amides is 1. The van der Waals surface area contributed by atoms with Gasteiger partial charge in [-0.3, -0.25) is 9.89 Å². The van der Waals surface area contributed by atoms with Gasteiger partial charge in [0.25, 0.3) is 0 Å². The lowest BCUT2D eigenvalue weighted by Gasteiger charge is -1.97. The van der Waals surface area contributed by atoms with Crippen LogP contribution in [0.15, 0.2) is 6.07 Å². The molecule has 0 bridgehead atoms. The molecule has 0 radical (unpaired) electrons. The number of nitrogens with zero attached hydrogens (tertiary/aromatic N) is 1.